The predicted molar refractivity (Wildman–Crippen MR) is 136 cm³/mol. The molecule has 0 atom stereocenters. The molecule has 0 aliphatic heterocycles. The second kappa shape index (κ2) is 8.90. The number of anilines is 2. The highest BCUT2D eigenvalue weighted by Gasteiger charge is 2.21. The lowest BCUT2D eigenvalue weighted by Crippen LogP contribution is -2.37. The summed E-state index contributed by atoms with van der Waals surface area (Å²) in [5.41, 5.74) is 4.45. The van der Waals surface area contributed by atoms with Crippen LogP contribution in [-0.2, 0) is 21.4 Å². The molecular weight excluding hydrogens is 434 g/mol. The predicted octanol–water partition coefficient (Wildman–Crippen LogP) is 5.34. The van der Waals surface area contributed by atoms with E-state index in [1.54, 1.807) is 12.1 Å². The van der Waals surface area contributed by atoms with Gasteiger partial charge in [-0.3, -0.25) is 9.10 Å². The Bertz CT molecular complexity index is 1420. The smallest absolute Gasteiger partial charge is 0.245 e. The Labute approximate surface area is 194 Å². The molecule has 4 aromatic rings. The van der Waals surface area contributed by atoms with Crippen molar-refractivity contribution in [3.63, 3.8) is 0 Å². The van der Waals surface area contributed by atoms with E-state index >= 15 is 0 Å². The van der Waals surface area contributed by atoms with Crippen molar-refractivity contribution < 1.29 is 13.2 Å². The molecule has 0 saturated heterocycles. The molecule has 0 aliphatic carbocycles. The Balaban J connectivity index is 1.60. The largest absolute Gasteiger partial charge is 0.341 e. The van der Waals surface area contributed by atoms with Crippen molar-refractivity contribution in [1.82, 2.24) is 4.57 Å². The van der Waals surface area contributed by atoms with E-state index < -0.39 is 15.9 Å². The zero-order valence-electron chi connectivity index (χ0n) is 19.4. The van der Waals surface area contributed by atoms with Gasteiger partial charge in [-0.1, -0.05) is 44.2 Å². The molecule has 172 valence electrons. The van der Waals surface area contributed by atoms with Crippen LogP contribution in [0.15, 0.2) is 66.7 Å². The van der Waals surface area contributed by atoms with Gasteiger partial charge in [0.1, 0.15) is 6.54 Å². The van der Waals surface area contributed by atoms with Crippen molar-refractivity contribution in [3.05, 3.63) is 72.3 Å². The second-order valence-corrected chi connectivity index (χ2v) is 10.5. The fourth-order valence-electron chi connectivity index (χ4n) is 4.23. The minimum atomic E-state index is -3.63. The first kappa shape index (κ1) is 22.9. The van der Waals surface area contributed by atoms with Crippen LogP contribution in [0, 0.1) is 0 Å². The maximum absolute atomic E-state index is 12.9. The fourth-order valence-corrected chi connectivity index (χ4v) is 5.09. The zero-order chi connectivity index (χ0) is 23.8. The molecule has 0 aliphatic rings. The Morgan fingerprint density at radius 1 is 0.970 bits per heavy atom. The molecule has 1 N–H and O–H groups in total. The van der Waals surface area contributed by atoms with Crippen LogP contribution in [0.1, 0.15) is 32.3 Å². The van der Waals surface area contributed by atoms with E-state index in [0.717, 1.165) is 44.5 Å². The third-order valence-corrected chi connectivity index (χ3v) is 7.05. The number of rotatable bonds is 7. The Hall–Kier alpha value is -3.32. The standard InChI is InChI=1S/C26H29N3O3S/c1-5-28-24-9-7-6-8-22(24)23-16-20(12-15-25(23)28)27-26(30)17-29(33(4,31)32)21-13-10-19(11-14-21)18(2)3/h6-16,18H,5,17H2,1-4H3,(H,27,30). The first-order valence-electron chi connectivity index (χ1n) is 11.1. The zero-order valence-corrected chi connectivity index (χ0v) is 20.2. The number of nitrogens with zero attached hydrogens (tertiary/aromatic N) is 2. The highest BCUT2D eigenvalue weighted by molar-refractivity contribution is 7.92. The van der Waals surface area contributed by atoms with E-state index in [4.69, 9.17) is 0 Å². The molecular formula is C26H29N3O3S. The number of para-hydroxylation sites is 1. The van der Waals surface area contributed by atoms with E-state index in [2.05, 4.69) is 42.8 Å². The molecule has 7 heteroatoms. The van der Waals surface area contributed by atoms with Crippen molar-refractivity contribution in [2.45, 2.75) is 33.2 Å². The Morgan fingerprint density at radius 3 is 2.27 bits per heavy atom. The van der Waals surface area contributed by atoms with Gasteiger partial charge in [-0.25, -0.2) is 8.42 Å². The van der Waals surface area contributed by atoms with Gasteiger partial charge < -0.3 is 9.88 Å². The summed E-state index contributed by atoms with van der Waals surface area (Å²) in [7, 11) is -3.63. The number of amides is 1. The van der Waals surface area contributed by atoms with Gasteiger partial charge in [-0.05, 0) is 54.8 Å². The summed E-state index contributed by atoms with van der Waals surface area (Å²) in [4.78, 5) is 12.9. The van der Waals surface area contributed by atoms with Crippen LogP contribution in [0.25, 0.3) is 21.8 Å². The fraction of sp³-hybridized carbons (Fsp3) is 0.269. The highest BCUT2D eigenvalue weighted by Crippen LogP contribution is 2.31. The van der Waals surface area contributed by atoms with Crippen LogP contribution in [0.3, 0.4) is 0 Å². The van der Waals surface area contributed by atoms with Gasteiger partial charge in [-0.15, -0.1) is 0 Å². The molecule has 4 rings (SSSR count). The van der Waals surface area contributed by atoms with Crippen molar-refractivity contribution in [2.75, 3.05) is 22.4 Å². The average molecular weight is 464 g/mol. The van der Waals surface area contributed by atoms with Gasteiger partial charge in [-0.2, -0.15) is 0 Å². The lowest BCUT2D eigenvalue weighted by molar-refractivity contribution is -0.114. The van der Waals surface area contributed by atoms with E-state index in [0.29, 0.717) is 17.3 Å². The molecule has 1 amide bonds. The lowest BCUT2D eigenvalue weighted by atomic mass is 10.0. The quantitative estimate of drug-likeness (QED) is 0.402. The molecule has 0 radical (unpaired) electrons. The van der Waals surface area contributed by atoms with Crippen molar-refractivity contribution in [3.8, 4) is 0 Å². The molecule has 0 bridgehead atoms. The molecule has 1 heterocycles. The summed E-state index contributed by atoms with van der Waals surface area (Å²) in [6.45, 7) is 6.80. The van der Waals surface area contributed by atoms with Crippen LogP contribution in [-0.4, -0.2) is 31.7 Å². The molecule has 6 nitrogen and oxygen atoms in total. The number of aromatic nitrogens is 1. The second-order valence-electron chi connectivity index (χ2n) is 8.56. The van der Waals surface area contributed by atoms with Gasteiger partial charge in [0, 0.05) is 34.0 Å². The highest BCUT2D eigenvalue weighted by atomic mass is 32.2. The van der Waals surface area contributed by atoms with E-state index in [1.165, 1.54) is 0 Å². The van der Waals surface area contributed by atoms with E-state index in [-0.39, 0.29) is 6.54 Å². The van der Waals surface area contributed by atoms with Gasteiger partial charge in [0.25, 0.3) is 0 Å². The molecule has 0 unspecified atom stereocenters. The molecule has 0 spiro atoms. The van der Waals surface area contributed by atoms with Gasteiger partial charge in [0.2, 0.25) is 15.9 Å². The summed E-state index contributed by atoms with van der Waals surface area (Å²) < 4.78 is 28.2. The van der Waals surface area contributed by atoms with Crippen LogP contribution in [0.5, 0.6) is 0 Å². The lowest BCUT2D eigenvalue weighted by Gasteiger charge is -2.22. The molecule has 0 saturated carbocycles. The first-order chi connectivity index (χ1) is 15.7. The monoisotopic (exact) mass is 463 g/mol. The molecule has 33 heavy (non-hydrogen) atoms. The number of hydrogen-bond acceptors (Lipinski definition) is 3. The summed E-state index contributed by atoms with van der Waals surface area (Å²) in [5.74, 6) is -0.0606. The van der Waals surface area contributed by atoms with Crippen LogP contribution >= 0.6 is 0 Å². The molecule has 1 aromatic heterocycles. The van der Waals surface area contributed by atoms with Gasteiger partial charge in [0.15, 0.2) is 0 Å². The Kier molecular flexibility index (Phi) is 6.17. The minimum Gasteiger partial charge on any atom is -0.341 e. The van der Waals surface area contributed by atoms with E-state index in [9.17, 15) is 13.2 Å². The van der Waals surface area contributed by atoms with Crippen LogP contribution in [0.2, 0.25) is 0 Å². The average Bonchev–Trinajstić information content (AvgIpc) is 3.10. The van der Waals surface area contributed by atoms with Gasteiger partial charge >= 0.3 is 0 Å². The van der Waals surface area contributed by atoms with Crippen molar-refractivity contribution >= 4 is 49.1 Å². The summed E-state index contributed by atoms with van der Waals surface area (Å²) in [5, 5.41) is 5.04. The number of carbonyl (C=O) groups is 1. The number of hydrogen-bond donors (Lipinski definition) is 1. The third-order valence-electron chi connectivity index (χ3n) is 5.91. The normalized spacial score (nSPS) is 11.9. The van der Waals surface area contributed by atoms with Crippen molar-refractivity contribution in [1.29, 1.82) is 0 Å². The van der Waals surface area contributed by atoms with Crippen molar-refractivity contribution in [2.24, 2.45) is 0 Å². The number of aryl methyl sites for hydroxylation is 1. The van der Waals surface area contributed by atoms with Gasteiger partial charge in [0.05, 0.1) is 11.9 Å². The number of carbonyl (C=O) groups excluding carboxylic acids is 1. The maximum atomic E-state index is 12.9. The first-order valence-corrected chi connectivity index (χ1v) is 12.9. The van der Waals surface area contributed by atoms with Crippen LogP contribution in [0.4, 0.5) is 11.4 Å². The summed E-state index contributed by atoms with van der Waals surface area (Å²) >= 11 is 0. The molecule has 0 fully saturated rings. The van der Waals surface area contributed by atoms with Crippen LogP contribution < -0.4 is 9.62 Å². The maximum Gasteiger partial charge on any atom is 0.245 e. The Morgan fingerprint density at radius 2 is 1.64 bits per heavy atom. The third kappa shape index (κ3) is 4.59. The number of sulfonamides is 1. The summed E-state index contributed by atoms with van der Waals surface area (Å²) in [6.07, 6.45) is 1.11. The number of fused-ring (bicyclic) bond motifs is 3. The molecule has 3 aromatic carbocycles. The minimum absolute atomic E-state index is 0.297. The SMILES string of the molecule is CCn1c2ccccc2c2cc(NC(=O)CN(c3ccc(C(C)C)cc3)S(C)(=O)=O)ccc21. The summed E-state index contributed by atoms with van der Waals surface area (Å²) in [6, 6.07) is 21.3. The number of nitrogens with one attached hydrogen (secondary N) is 1. The topological polar surface area (TPSA) is 71.4 Å². The number of benzene rings is 3. The van der Waals surface area contributed by atoms with E-state index in [1.807, 2.05) is 42.5 Å².